The van der Waals surface area contributed by atoms with Gasteiger partial charge in [0, 0.05) is 26.1 Å². The third-order valence-corrected chi connectivity index (χ3v) is 5.94. The minimum absolute atomic E-state index is 0.0526. The summed E-state index contributed by atoms with van der Waals surface area (Å²) in [4.78, 5) is 13.5. The molecule has 0 atom stereocenters. The first-order valence-electron chi connectivity index (χ1n) is 10.2. The maximum Gasteiger partial charge on any atom is 0.217 e. The molecule has 3 rings (SSSR count). The number of likely N-dealkylation sites (tertiary alicyclic amines) is 1. The molecule has 1 aliphatic heterocycles. The highest BCUT2D eigenvalue weighted by Crippen LogP contribution is 2.28. The summed E-state index contributed by atoms with van der Waals surface area (Å²) in [5.41, 5.74) is 0. The molecule has 0 spiro atoms. The summed E-state index contributed by atoms with van der Waals surface area (Å²) in [6, 6.07) is 2.37. The Morgan fingerprint density at radius 1 is 1.07 bits per heavy atom. The van der Waals surface area contributed by atoms with Crippen molar-refractivity contribution in [2.24, 2.45) is 5.92 Å². The largest absolute Gasteiger partial charge is 0.487 e. The Hall–Kier alpha value is -1.76. The molecule has 0 unspecified atom stereocenters. The Morgan fingerprint density at radius 3 is 2.39 bits per heavy atom. The molecular formula is C21H29F3N2O2. The zero-order valence-corrected chi connectivity index (χ0v) is 16.4. The van der Waals surface area contributed by atoms with E-state index in [9.17, 15) is 18.0 Å². The molecule has 1 saturated carbocycles. The first-order valence-corrected chi connectivity index (χ1v) is 10.2. The van der Waals surface area contributed by atoms with E-state index < -0.39 is 17.5 Å². The molecular weight excluding hydrogens is 369 g/mol. The van der Waals surface area contributed by atoms with Crippen LogP contribution in [0.15, 0.2) is 12.1 Å². The smallest absolute Gasteiger partial charge is 0.217 e. The summed E-state index contributed by atoms with van der Waals surface area (Å²) >= 11 is 0. The van der Waals surface area contributed by atoms with Crippen LogP contribution in [-0.4, -0.2) is 42.6 Å². The molecule has 7 heteroatoms. The summed E-state index contributed by atoms with van der Waals surface area (Å²) in [6.07, 6.45) is 6.88. The molecule has 1 N–H and O–H groups in total. The zero-order chi connectivity index (χ0) is 20.1. The maximum atomic E-state index is 13.7. The van der Waals surface area contributed by atoms with E-state index in [2.05, 4.69) is 10.2 Å². The van der Waals surface area contributed by atoms with Gasteiger partial charge in [0.05, 0.1) is 0 Å². The number of nitrogens with one attached hydrogen (secondary N) is 1. The normalized spacial score (nSPS) is 24.1. The van der Waals surface area contributed by atoms with Crippen LogP contribution in [0.4, 0.5) is 13.2 Å². The predicted molar refractivity (Wildman–Crippen MR) is 101 cm³/mol. The van der Waals surface area contributed by atoms with E-state index in [0.29, 0.717) is 12.0 Å². The van der Waals surface area contributed by atoms with Gasteiger partial charge in [-0.05, 0) is 69.5 Å². The van der Waals surface area contributed by atoms with Crippen molar-refractivity contribution in [2.45, 2.75) is 64.0 Å². The molecule has 2 fully saturated rings. The standard InChI is InChI=1S/C21H29F3N2O2/c1-14(27)25-16-4-2-15(3-5-16)8-11-26-12-9-17(10-13-26)28-19-7-6-18(22)20(23)21(19)24/h6-7,15-17H,2-5,8-13H2,1H3,(H,25,27)/t15-,16-. The Balaban J connectivity index is 1.36. The second-order valence-electron chi connectivity index (χ2n) is 8.04. The third kappa shape index (κ3) is 5.63. The molecule has 0 radical (unpaired) electrons. The molecule has 28 heavy (non-hydrogen) atoms. The predicted octanol–water partition coefficient (Wildman–Crippen LogP) is 4.03. The molecule has 2 aliphatic rings. The molecule has 1 aromatic rings. The zero-order valence-electron chi connectivity index (χ0n) is 16.4. The van der Waals surface area contributed by atoms with Gasteiger partial charge < -0.3 is 15.0 Å². The van der Waals surface area contributed by atoms with E-state index in [1.165, 1.54) is 0 Å². The van der Waals surface area contributed by atoms with Crippen LogP contribution in [0.5, 0.6) is 5.75 Å². The molecule has 1 saturated heterocycles. The number of carbonyl (C=O) groups excluding carboxylic acids is 1. The number of ether oxygens (including phenoxy) is 1. The van der Waals surface area contributed by atoms with E-state index >= 15 is 0 Å². The average Bonchev–Trinajstić information content (AvgIpc) is 2.68. The van der Waals surface area contributed by atoms with Gasteiger partial charge in [-0.15, -0.1) is 0 Å². The van der Waals surface area contributed by atoms with Crippen LogP contribution in [0.3, 0.4) is 0 Å². The Bertz CT molecular complexity index is 670. The maximum absolute atomic E-state index is 13.7. The van der Waals surface area contributed by atoms with Crippen LogP contribution < -0.4 is 10.1 Å². The fourth-order valence-corrected chi connectivity index (χ4v) is 4.28. The summed E-state index contributed by atoms with van der Waals surface area (Å²) in [5, 5.41) is 3.01. The summed E-state index contributed by atoms with van der Waals surface area (Å²) in [7, 11) is 0. The number of rotatable bonds is 6. The first-order chi connectivity index (χ1) is 13.4. The number of carbonyl (C=O) groups is 1. The molecule has 0 aromatic heterocycles. The first kappa shape index (κ1) is 21.0. The number of amides is 1. The SMILES string of the molecule is CC(=O)N[C@H]1CC[C@H](CCN2CCC(Oc3ccc(F)c(F)c3F)CC2)CC1. The lowest BCUT2D eigenvalue weighted by molar-refractivity contribution is -0.119. The molecule has 1 heterocycles. The average molecular weight is 398 g/mol. The summed E-state index contributed by atoms with van der Waals surface area (Å²) in [5.74, 6) is -3.40. The van der Waals surface area contributed by atoms with E-state index in [1.54, 1.807) is 6.92 Å². The lowest BCUT2D eigenvalue weighted by atomic mass is 9.84. The van der Waals surface area contributed by atoms with Gasteiger partial charge in [0.2, 0.25) is 11.7 Å². The van der Waals surface area contributed by atoms with Gasteiger partial charge in [-0.25, -0.2) is 8.78 Å². The second kappa shape index (κ2) is 9.63. The molecule has 0 bridgehead atoms. The van der Waals surface area contributed by atoms with Crippen molar-refractivity contribution in [2.75, 3.05) is 19.6 Å². The second-order valence-corrected chi connectivity index (χ2v) is 8.04. The van der Waals surface area contributed by atoms with Crippen molar-refractivity contribution in [3.8, 4) is 5.75 Å². The Labute approximate surface area is 164 Å². The van der Waals surface area contributed by atoms with Crippen molar-refractivity contribution in [3.63, 3.8) is 0 Å². The molecule has 4 nitrogen and oxygen atoms in total. The monoisotopic (exact) mass is 398 g/mol. The minimum Gasteiger partial charge on any atom is -0.487 e. The molecule has 156 valence electrons. The fourth-order valence-electron chi connectivity index (χ4n) is 4.28. The third-order valence-electron chi connectivity index (χ3n) is 5.94. The number of hydrogen-bond acceptors (Lipinski definition) is 3. The van der Waals surface area contributed by atoms with Crippen molar-refractivity contribution in [1.29, 1.82) is 0 Å². The summed E-state index contributed by atoms with van der Waals surface area (Å²) < 4.78 is 45.6. The van der Waals surface area contributed by atoms with Gasteiger partial charge in [0.15, 0.2) is 17.4 Å². The number of benzene rings is 1. The van der Waals surface area contributed by atoms with Gasteiger partial charge in [-0.2, -0.15) is 4.39 Å². The van der Waals surface area contributed by atoms with Crippen LogP contribution in [0, 0.1) is 23.4 Å². The fraction of sp³-hybridized carbons (Fsp3) is 0.667. The quantitative estimate of drug-likeness (QED) is 0.736. The number of piperidine rings is 1. The van der Waals surface area contributed by atoms with Crippen molar-refractivity contribution >= 4 is 5.91 Å². The van der Waals surface area contributed by atoms with E-state index in [1.807, 2.05) is 0 Å². The Morgan fingerprint density at radius 2 is 1.75 bits per heavy atom. The van der Waals surface area contributed by atoms with Crippen LogP contribution >= 0.6 is 0 Å². The minimum atomic E-state index is -1.48. The lowest BCUT2D eigenvalue weighted by Gasteiger charge is -2.34. The highest BCUT2D eigenvalue weighted by Gasteiger charge is 2.25. The van der Waals surface area contributed by atoms with Gasteiger partial charge in [-0.3, -0.25) is 4.79 Å². The van der Waals surface area contributed by atoms with Crippen molar-refractivity contribution < 1.29 is 22.7 Å². The Kier molecular flexibility index (Phi) is 7.21. The molecule has 1 amide bonds. The topological polar surface area (TPSA) is 41.6 Å². The van der Waals surface area contributed by atoms with Crippen LogP contribution in [0.2, 0.25) is 0 Å². The summed E-state index contributed by atoms with van der Waals surface area (Å²) in [6.45, 7) is 4.32. The van der Waals surface area contributed by atoms with Crippen LogP contribution in [-0.2, 0) is 4.79 Å². The van der Waals surface area contributed by atoms with Crippen molar-refractivity contribution in [3.05, 3.63) is 29.6 Å². The van der Waals surface area contributed by atoms with E-state index in [4.69, 9.17) is 4.74 Å². The highest BCUT2D eigenvalue weighted by molar-refractivity contribution is 5.73. The van der Waals surface area contributed by atoms with Crippen LogP contribution in [0.1, 0.15) is 51.9 Å². The van der Waals surface area contributed by atoms with E-state index in [-0.39, 0.29) is 17.8 Å². The van der Waals surface area contributed by atoms with Gasteiger partial charge in [-0.1, -0.05) is 0 Å². The number of nitrogens with zero attached hydrogens (tertiary/aromatic N) is 1. The van der Waals surface area contributed by atoms with E-state index in [0.717, 1.165) is 76.7 Å². The molecule has 1 aliphatic carbocycles. The van der Waals surface area contributed by atoms with Crippen molar-refractivity contribution in [1.82, 2.24) is 10.2 Å². The number of hydrogen-bond donors (Lipinski definition) is 1. The van der Waals surface area contributed by atoms with Gasteiger partial charge in [0.1, 0.15) is 6.10 Å². The lowest BCUT2D eigenvalue weighted by Crippen LogP contribution is -2.40. The highest BCUT2D eigenvalue weighted by atomic mass is 19.2. The van der Waals surface area contributed by atoms with Crippen LogP contribution in [0.25, 0.3) is 0 Å². The molecule has 1 aromatic carbocycles. The van der Waals surface area contributed by atoms with Gasteiger partial charge >= 0.3 is 0 Å². The van der Waals surface area contributed by atoms with Gasteiger partial charge in [0.25, 0.3) is 0 Å². The number of halogens is 3.